The lowest BCUT2D eigenvalue weighted by Gasteiger charge is -2.21. The molecule has 0 unspecified atom stereocenters. The van der Waals surface area contributed by atoms with Gasteiger partial charge < -0.3 is 24.2 Å². The van der Waals surface area contributed by atoms with Crippen molar-refractivity contribution in [3.05, 3.63) is 53.6 Å². The van der Waals surface area contributed by atoms with Crippen LogP contribution >= 0.6 is 0 Å². The minimum atomic E-state index is -0.904. The summed E-state index contributed by atoms with van der Waals surface area (Å²) in [4.78, 5) is 26.4. The van der Waals surface area contributed by atoms with E-state index in [1.807, 2.05) is 12.1 Å². The van der Waals surface area contributed by atoms with Gasteiger partial charge in [-0.05, 0) is 35.9 Å². The number of nitrogens with zero attached hydrogens (tertiary/aromatic N) is 1. The SMILES string of the molecule is COc1ccc([C@@H]2CN(C(=O)c3ccc4c(c3)OCCO4)C[C@H]2C(=O)O)cc1. The Morgan fingerprint density at radius 3 is 2.43 bits per heavy atom. The van der Waals surface area contributed by atoms with Gasteiger partial charge in [-0.1, -0.05) is 12.1 Å². The summed E-state index contributed by atoms with van der Waals surface area (Å²) < 4.78 is 16.2. The van der Waals surface area contributed by atoms with E-state index in [2.05, 4.69) is 0 Å². The number of carbonyl (C=O) groups excluding carboxylic acids is 1. The maximum Gasteiger partial charge on any atom is 0.308 e. The van der Waals surface area contributed by atoms with Crippen molar-refractivity contribution >= 4 is 11.9 Å². The third-order valence-corrected chi connectivity index (χ3v) is 5.26. The van der Waals surface area contributed by atoms with Crippen molar-refractivity contribution in [1.29, 1.82) is 0 Å². The number of likely N-dealkylation sites (tertiary alicyclic amines) is 1. The summed E-state index contributed by atoms with van der Waals surface area (Å²) in [6, 6.07) is 12.4. The molecule has 7 heteroatoms. The van der Waals surface area contributed by atoms with Gasteiger partial charge in [-0.2, -0.15) is 0 Å². The first-order valence-electron chi connectivity index (χ1n) is 9.12. The summed E-state index contributed by atoms with van der Waals surface area (Å²) in [6.45, 7) is 1.43. The summed E-state index contributed by atoms with van der Waals surface area (Å²) in [5.74, 6) is -0.184. The van der Waals surface area contributed by atoms with E-state index in [1.165, 1.54) is 0 Å². The highest BCUT2D eigenvalue weighted by atomic mass is 16.6. The molecule has 1 fully saturated rings. The topological polar surface area (TPSA) is 85.3 Å². The van der Waals surface area contributed by atoms with Crippen molar-refractivity contribution in [2.75, 3.05) is 33.4 Å². The Labute approximate surface area is 162 Å². The lowest BCUT2D eigenvalue weighted by atomic mass is 9.89. The molecule has 0 aliphatic carbocycles. The van der Waals surface area contributed by atoms with E-state index in [0.29, 0.717) is 42.6 Å². The van der Waals surface area contributed by atoms with Gasteiger partial charge >= 0.3 is 5.97 Å². The normalized spacial score (nSPS) is 20.7. The number of benzene rings is 2. The summed E-state index contributed by atoms with van der Waals surface area (Å²) in [5, 5.41) is 9.67. The van der Waals surface area contributed by atoms with Crippen LogP contribution in [0.3, 0.4) is 0 Å². The number of carboxylic acids is 1. The molecular formula is C21H21NO6. The molecule has 1 N–H and O–H groups in total. The highest BCUT2D eigenvalue weighted by Crippen LogP contribution is 2.36. The first-order valence-corrected chi connectivity index (χ1v) is 9.12. The average Bonchev–Trinajstić information content (AvgIpc) is 3.19. The highest BCUT2D eigenvalue weighted by Gasteiger charge is 2.40. The van der Waals surface area contributed by atoms with Crippen LogP contribution in [0.5, 0.6) is 17.2 Å². The number of hydrogen-bond donors (Lipinski definition) is 1. The van der Waals surface area contributed by atoms with E-state index in [4.69, 9.17) is 14.2 Å². The van der Waals surface area contributed by atoms with Gasteiger partial charge in [-0.15, -0.1) is 0 Å². The molecule has 28 heavy (non-hydrogen) atoms. The molecule has 2 aromatic rings. The maximum absolute atomic E-state index is 13.0. The molecule has 2 heterocycles. The molecule has 2 aliphatic rings. The van der Waals surface area contributed by atoms with Crippen LogP contribution in [0, 0.1) is 5.92 Å². The fourth-order valence-corrected chi connectivity index (χ4v) is 3.77. The Balaban J connectivity index is 1.56. The van der Waals surface area contributed by atoms with E-state index in [1.54, 1.807) is 42.3 Å². The van der Waals surface area contributed by atoms with Crippen LogP contribution < -0.4 is 14.2 Å². The largest absolute Gasteiger partial charge is 0.497 e. The van der Waals surface area contributed by atoms with E-state index in [-0.39, 0.29) is 18.4 Å². The van der Waals surface area contributed by atoms with E-state index in [9.17, 15) is 14.7 Å². The van der Waals surface area contributed by atoms with Crippen molar-refractivity contribution in [3.8, 4) is 17.2 Å². The molecule has 4 rings (SSSR count). The standard InChI is InChI=1S/C21H21NO6/c1-26-15-5-2-13(3-6-15)16-11-22(12-17(16)21(24)25)20(23)14-4-7-18-19(10-14)28-9-8-27-18/h2-7,10,16-17H,8-9,11-12H2,1H3,(H,24,25)/t16-,17+/m0/s1. The average molecular weight is 383 g/mol. The number of rotatable bonds is 4. The lowest BCUT2D eigenvalue weighted by molar-refractivity contribution is -0.141. The zero-order valence-corrected chi connectivity index (χ0v) is 15.5. The van der Waals surface area contributed by atoms with Crippen molar-refractivity contribution in [1.82, 2.24) is 4.90 Å². The molecule has 7 nitrogen and oxygen atoms in total. The molecule has 0 bridgehead atoms. The number of hydrogen-bond acceptors (Lipinski definition) is 5. The van der Waals surface area contributed by atoms with Crippen LogP contribution in [0.15, 0.2) is 42.5 Å². The minimum absolute atomic E-state index is 0.166. The van der Waals surface area contributed by atoms with E-state index < -0.39 is 11.9 Å². The zero-order chi connectivity index (χ0) is 19.7. The second kappa shape index (κ2) is 7.42. The number of fused-ring (bicyclic) bond motifs is 1. The number of methoxy groups -OCH3 is 1. The predicted molar refractivity (Wildman–Crippen MR) is 100 cm³/mol. The van der Waals surface area contributed by atoms with Gasteiger partial charge in [0.2, 0.25) is 0 Å². The Hall–Kier alpha value is -3.22. The fourth-order valence-electron chi connectivity index (χ4n) is 3.77. The highest BCUT2D eigenvalue weighted by molar-refractivity contribution is 5.95. The number of carboxylic acid groups (broad SMARTS) is 1. The van der Waals surface area contributed by atoms with Gasteiger partial charge in [0.25, 0.3) is 5.91 Å². The number of ether oxygens (including phenoxy) is 3. The van der Waals surface area contributed by atoms with Crippen molar-refractivity contribution in [2.24, 2.45) is 5.92 Å². The van der Waals surface area contributed by atoms with Crippen LogP contribution in [0.25, 0.3) is 0 Å². The smallest absolute Gasteiger partial charge is 0.308 e. The molecule has 0 spiro atoms. The molecule has 2 aliphatic heterocycles. The van der Waals surface area contributed by atoms with Gasteiger partial charge in [0.05, 0.1) is 13.0 Å². The molecule has 2 atom stereocenters. The van der Waals surface area contributed by atoms with Crippen LogP contribution in [0.2, 0.25) is 0 Å². The van der Waals surface area contributed by atoms with Crippen molar-refractivity contribution in [3.63, 3.8) is 0 Å². The Kier molecular flexibility index (Phi) is 4.81. The fraction of sp³-hybridized carbons (Fsp3) is 0.333. The van der Waals surface area contributed by atoms with Gasteiger partial charge in [0, 0.05) is 24.6 Å². The van der Waals surface area contributed by atoms with Crippen LogP contribution in [-0.4, -0.2) is 55.3 Å². The lowest BCUT2D eigenvalue weighted by Crippen LogP contribution is -2.30. The molecule has 0 radical (unpaired) electrons. The molecular weight excluding hydrogens is 362 g/mol. The van der Waals surface area contributed by atoms with Gasteiger partial charge in [-0.3, -0.25) is 9.59 Å². The third-order valence-electron chi connectivity index (χ3n) is 5.26. The zero-order valence-electron chi connectivity index (χ0n) is 15.5. The van der Waals surface area contributed by atoms with E-state index >= 15 is 0 Å². The van der Waals surface area contributed by atoms with Crippen LogP contribution in [0.1, 0.15) is 21.8 Å². The van der Waals surface area contributed by atoms with Gasteiger partial charge in [-0.25, -0.2) is 0 Å². The van der Waals surface area contributed by atoms with Gasteiger partial charge in [0.1, 0.15) is 19.0 Å². The monoisotopic (exact) mass is 383 g/mol. The van der Waals surface area contributed by atoms with Crippen LogP contribution in [-0.2, 0) is 4.79 Å². The summed E-state index contributed by atoms with van der Waals surface area (Å²) >= 11 is 0. The molecule has 0 aromatic heterocycles. The maximum atomic E-state index is 13.0. The Bertz CT molecular complexity index is 894. The van der Waals surface area contributed by atoms with Gasteiger partial charge in [0.15, 0.2) is 11.5 Å². The Morgan fingerprint density at radius 1 is 1.04 bits per heavy atom. The van der Waals surface area contributed by atoms with E-state index in [0.717, 1.165) is 5.56 Å². The molecule has 146 valence electrons. The quantitative estimate of drug-likeness (QED) is 0.873. The first-order chi connectivity index (χ1) is 13.6. The second-order valence-electron chi connectivity index (χ2n) is 6.89. The summed E-state index contributed by atoms with van der Waals surface area (Å²) in [7, 11) is 1.58. The Morgan fingerprint density at radius 2 is 1.75 bits per heavy atom. The molecule has 0 saturated carbocycles. The van der Waals surface area contributed by atoms with Crippen molar-refractivity contribution in [2.45, 2.75) is 5.92 Å². The van der Waals surface area contributed by atoms with Crippen LogP contribution in [0.4, 0.5) is 0 Å². The predicted octanol–water partition coefficient (Wildman–Crippen LogP) is 2.41. The third kappa shape index (κ3) is 3.35. The number of aliphatic carboxylic acids is 1. The minimum Gasteiger partial charge on any atom is -0.497 e. The first kappa shape index (κ1) is 18.2. The number of carbonyl (C=O) groups is 2. The molecule has 1 amide bonds. The number of amides is 1. The molecule has 2 aromatic carbocycles. The van der Waals surface area contributed by atoms with Crippen molar-refractivity contribution < 1.29 is 28.9 Å². The summed E-state index contributed by atoms with van der Waals surface area (Å²) in [6.07, 6.45) is 0. The summed E-state index contributed by atoms with van der Waals surface area (Å²) in [5.41, 5.74) is 1.34. The molecule has 1 saturated heterocycles. The second-order valence-corrected chi connectivity index (χ2v) is 6.89.